The van der Waals surface area contributed by atoms with E-state index in [9.17, 15) is 9.59 Å². The number of fused-ring (bicyclic) bond motifs is 1. The van der Waals surface area contributed by atoms with Crippen LogP contribution in [0.25, 0.3) is 0 Å². The van der Waals surface area contributed by atoms with Crippen molar-refractivity contribution in [3.63, 3.8) is 0 Å². The Morgan fingerprint density at radius 3 is 2.55 bits per heavy atom. The normalized spacial score (nSPS) is 17.0. The number of rotatable bonds is 7. The molecule has 1 saturated carbocycles. The van der Waals surface area contributed by atoms with Crippen LogP contribution in [0.1, 0.15) is 48.0 Å². The highest BCUT2D eigenvalue weighted by atomic mass is 16.6. The highest BCUT2D eigenvalue weighted by molar-refractivity contribution is 5.94. The molecule has 1 fully saturated rings. The molecule has 0 spiro atoms. The van der Waals surface area contributed by atoms with Gasteiger partial charge in [-0.3, -0.25) is 9.59 Å². The molecule has 2 N–H and O–H groups in total. The number of amides is 2. The van der Waals surface area contributed by atoms with E-state index < -0.39 is 0 Å². The minimum Gasteiger partial charge on any atom is -0.486 e. The zero-order chi connectivity index (χ0) is 20.1. The number of benzene rings is 1. The Hall–Kier alpha value is -2.96. The summed E-state index contributed by atoms with van der Waals surface area (Å²) < 4.78 is 16.3. The maximum absolute atomic E-state index is 12.3. The molecule has 2 aliphatic rings. The zero-order valence-electron chi connectivity index (χ0n) is 16.4. The fourth-order valence-electron chi connectivity index (χ4n) is 4.13. The van der Waals surface area contributed by atoms with E-state index in [4.69, 9.17) is 13.9 Å². The number of hydrogen-bond acceptors (Lipinski definition) is 5. The third-order valence-electron chi connectivity index (χ3n) is 5.76. The molecule has 4 rings (SSSR count). The monoisotopic (exact) mass is 398 g/mol. The van der Waals surface area contributed by atoms with Gasteiger partial charge in [0.15, 0.2) is 11.5 Å². The topological polar surface area (TPSA) is 89.8 Å². The van der Waals surface area contributed by atoms with E-state index in [1.807, 2.05) is 6.07 Å². The van der Waals surface area contributed by atoms with Gasteiger partial charge in [-0.25, -0.2) is 0 Å². The van der Waals surface area contributed by atoms with Crippen LogP contribution >= 0.6 is 0 Å². The summed E-state index contributed by atoms with van der Waals surface area (Å²) in [5.74, 6) is 1.26. The average molecular weight is 398 g/mol. The third-order valence-corrected chi connectivity index (χ3v) is 5.76. The average Bonchev–Trinajstić information content (AvgIpc) is 3.45. The van der Waals surface area contributed by atoms with Gasteiger partial charge in [0, 0.05) is 24.9 Å². The van der Waals surface area contributed by atoms with Gasteiger partial charge in [-0.15, -0.1) is 0 Å². The predicted octanol–water partition coefficient (Wildman–Crippen LogP) is 2.80. The van der Waals surface area contributed by atoms with E-state index in [2.05, 4.69) is 22.8 Å². The van der Waals surface area contributed by atoms with Crippen molar-refractivity contribution in [1.82, 2.24) is 10.6 Å². The van der Waals surface area contributed by atoms with Crippen LogP contribution in [-0.4, -0.2) is 38.1 Å². The second kappa shape index (κ2) is 8.59. The molecule has 1 aliphatic carbocycles. The third kappa shape index (κ3) is 4.39. The summed E-state index contributed by atoms with van der Waals surface area (Å²) in [5, 5.41) is 5.80. The molecule has 2 heterocycles. The largest absolute Gasteiger partial charge is 0.486 e. The minimum atomic E-state index is -0.241. The molecule has 154 valence electrons. The SMILES string of the molecule is O=C(CCNC(=O)c1ccoc1)NCC1(c2ccc3c(c2)OCCO3)CCCC1. The number of nitrogens with one attached hydrogen (secondary N) is 2. The maximum Gasteiger partial charge on any atom is 0.254 e. The number of carbonyl (C=O) groups excluding carboxylic acids is 2. The Balaban J connectivity index is 1.32. The molecular weight excluding hydrogens is 372 g/mol. The van der Waals surface area contributed by atoms with Crippen molar-refractivity contribution in [3.05, 3.63) is 47.9 Å². The van der Waals surface area contributed by atoms with Crippen molar-refractivity contribution in [3.8, 4) is 11.5 Å². The summed E-state index contributed by atoms with van der Waals surface area (Å²) in [4.78, 5) is 24.2. The predicted molar refractivity (Wildman–Crippen MR) is 106 cm³/mol. The lowest BCUT2D eigenvalue weighted by Crippen LogP contribution is -2.40. The molecule has 2 aromatic rings. The number of ether oxygens (including phenoxy) is 2. The number of carbonyl (C=O) groups is 2. The fourth-order valence-corrected chi connectivity index (χ4v) is 4.13. The lowest BCUT2D eigenvalue weighted by atomic mass is 9.78. The molecule has 1 aromatic heterocycles. The highest BCUT2D eigenvalue weighted by Crippen LogP contribution is 2.43. The molecule has 0 saturated heterocycles. The first-order valence-electron chi connectivity index (χ1n) is 10.1. The smallest absolute Gasteiger partial charge is 0.254 e. The molecule has 1 aromatic carbocycles. The summed E-state index contributed by atoms with van der Waals surface area (Å²) >= 11 is 0. The second-order valence-corrected chi connectivity index (χ2v) is 7.64. The van der Waals surface area contributed by atoms with Crippen molar-refractivity contribution in [2.45, 2.75) is 37.5 Å². The maximum atomic E-state index is 12.3. The van der Waals surface area contributed by atoms with E-state index in [0.29, 0.717) is 25.3 Å². The van der Waals surface area contributed by atoms with E-state index >= 15 is 0 Å². The van der Waals surface area contributed by atoms with E-state index in [-0.39, 0.29) is 30.2 Å². The Labute approximate surface area is 169 Å². The van der Waals surface area contributed by atoms with Crippen LogP contribution in [0.2, 0.25) is 0 Å². The quantitative estimate of drug-likeness (QED) is 0.749. The van der Waals surface area contributed by atoms with Gasteiger partial charge >= 0.3 is 0 Å². The molecular formula is C22H26N2O5. The first kappa shape index (κ1) is 19.4. The molecule has 0 bridgehead atoms. The lowest BCUT2D eigenvalue weighted by molar-refractivity contribution is -0.121. The van der Waals surface area contributed by atoms with Crippen molar-refractivity contribution in [1.29, 1.82) is 0 Å². The summed E-state index contributed by atoms with van der Waals surface area (Å²) in [6.45, 7) is 2.00. The van der Waals surface area contributed by atoms with E-state index in [1.165, 1.54) is 18.1 Å². The van der Waals surface area contributed by atoms with Crippen LogP contribution in [0.4, 0.5) is 0 Å². The van der Waals surface area contributed by atoms with Gasteiger partial charge in [0.25, 0.3) is 5.91 Å². The fraction of sp³-hybridized carbons (Fsp3) is 0.455. The first-order valence-corrected chi connectivity index (χ1v) is 10.1. The minimum absolute atomic E-state index is 0.0682. The summed E-state index contributed by atoms with van der Waals surface area (Å²) in [5.41, 5.74) is 1.56. The van der Waals surface area contributed by atoms with Crippen molar-refractivity contribution in [2.75, 3.05) is 26.3 Å². The Kier molecular flexibility index (Phi) is 5.74. The molecule has 0 radical (unpaired) electrons. The summed E-state index contributed by atoms with van der Waals surface area (Å²) in [7, 11) is 0. The molecule has 29 heavy (non-hydrogen) atoms. The van der Waals surface area contributed by atoms with Gasteiger partial charge in [0.2, 0.25) is 5.91 Å². The van der Waals surface area contributed by atoms with Crippen molar-refractivity contribution < 1.29 is 23.5 Å². The molecule has 0 unspecified atom stereocenters. The lowest BCUT2D eigenvalue weighted by Gasteiger charge is -2.31. The van der Waals surface area contributed by atoms with Gasteiger partial charge in [0.05, 0.1) is 11.8 Å². The van der Waals surface area contributed by atoms with Crippen LogP contribution in [0.5, 0.6) is 11.5 Å². The highest BCUT2D eigenvalue weighted by Gasteiger charge is 2.36. The van der Waals surface area contributed by atoms with Crippen LogP contribution in [-0.2, 0) is 10.2 Å². The molecule has 7 heteroatoms. The van der Waals surface area contributed by atoms with Crippen molar-refractivity contribution in [2.24, 2.45) is 0 Å². The zero-order valence-corrected chi connectivity index (χ0v) is 16.4. The number of furan rings is 1. The van der Waals surface area contributed by atoms with Gasteiger partial charge in [-0.1, -0.05) is 18.9 Å². The summed E-state index contributed by atoms with van der Waals surface area (Å²) in [6, 6.07) is 7.72. The standard InChI is InChI=1S/C22H26N2O5/c25-20(5-9-23-21(26)16-6-10-27-14-16)24-15-22(7-1-2-8-22)17-3-4-18-19(13-17)29-12-11-28-18/h3-4,6,10,13-14H,1-2,5,7-9,11-12,15H2,(H,23,26)(H,24,25). The Morgan fingerprint density at radius 1 is 1.00 bits per heavy atom. The molecule has 1 aliphatic heterocycles. The van der Waals surface area contributed by atoms with Crippen LogP contribution in [0, 0.1) is 0 Å². The molecule has 2 amide bonds. The van der Waals surface area contributed by atoms with E-state index in [1.54, 1.807) is 6.07 Å². The molecule has 7 nitrogen and oxygen atoms in total. The van der Waals surface area contributed by atoms with Gasteiger partial charge in [0.1, 0.15) is 19.5 Å². The first-order chi connectivity index (χ1) is 14.2. The van der Waals surface area contributed by atoms with Gasteiger partial charge in [-0.05, 0) is 36.6 Å². The second-order valence-electron chi connectivity index (χ2n) is 7.64. The van der Waals surface area contributed by atoms with Crippen LogP contribution < -0.4 is 20.1 Å². The van der Waals surface area contributed by atoms with Crippen LogP contribution in [0.15, 0.2) is 41.2 Å². The Bertz CT molecular complexity index is 856. The Morgan fingerprint density at radius 2 is 1.79 bits per heavy atom. The van der Waals surface area contributed by atoms with Crippen LogP contribution in [0.3, 0.4) is 0 Å². The molecule has 0 atom stereocenters. The van der Waals surface area contributed by atoms with E-state index in [0.717, 1.165) is 37.2 Å². The van der Waals surface area contributed by atoms with Gasteiger partial charge in [-0.2, -0.15) is 0 Å². The summed E-state index contributed by atoms with van der Waals surface area (Å²) in [6.07, 6.45) is 7.42. The van der Waals surface area contributed by atoms with Gasteiger partial charge < -0.3 is 24.5 Å². The number of hydrogen-bond donors (Lipinski definition) is 2. The van der Waals surface area contributed by atoms with Crippen molar-refractivity contribution >= 4 is 11.8 Å².